The van der Waals surface area contributed by atoms with Crippen LogP contribution in [0.25, 0.3) is 17.1 Å². The number of aromatic nitrogens is 2. The number of nitro benzene ring substituents is 1. The molecule has 1 aliphatic rings. The van der Waals surface area contributed by atoms with Crippen molar-refractivity contribution in [1.29, 1.82) is 0 Å². The molecule has 1 aliphatic heterocycles. The molecule has 0 saturated heterocycles. The van der Waals surface area contributed by atoms with Crippen LogP contribution in [0.2, 0.25) is 0 Å². The van der Waals surface area contributed by atoms with Crippen molar-refractivity contribution in [2.75, 3.05) is 5.32 Å². The monoisotopic (exact) mass is 334 g/mol. The zero-order chi connectivity index (χ0) is 17.4. The Labute approximate surface area is 142 Å². The average molecular weight is 334 g/mol. The second kappa shape index (κ2) is 5.75. The minimum atomic E-state index is -0.441. The standard InChI is InChI=1S/C17H14N6O2/c18-16-20-15(10-9-11-5-1-3-7-13(11)23(24)25)22-14-8-4-2-6-12(14)19-17(22)21-16/h1-10,15H,(H3,18,19,20,21)/b10-9+/t15-/m0/s1. The second-order valence-electron chi connectivity index (χ2n) is 5.52. The van der Waals surface area contributed by atoms with Gasteiger partial charge in [-0.2, -0.15) is 0 Å². The lowest BCUT2D eigenvalue weighted by atomic mass is 10.1. The van der Waals surface area contributed by atoms with E-state index in [1.165, 1.54) is 6.07 Å². The molecule has 4 rings (SSSR count). The third-order valence-corrected chi connectivity index (χ3v) is 3.95. The highest BCUT2D eigenvalue weighted by Crippen LogP contribution is 2.29. The van der Waals surface area contributed by atoms with Gasteiger partial charge in [0.25, 0.3) is 5.69 Å². The Bertz CT molecular complexity index is 1040. The molecule has 124 valence electrons. The van der Waals surface area contributed by atoms with Crippen LogP contribution in [0.3, 0.4) is 0 Å². The molecule has 0 saturated carbocycles. The van der Waals surface area contributed by atoms with Crippen LogP contribution in [0.15, 0.2) is 59.6 Å². The second-order valence-corrected chi connectivity index (χ2v) is 5.52. The summed E-state index contributed by atoms with van der Waals surface area (Å²) < 4.78 is 1.90. The summed E-state index contributed by atoms with van der Waals surface area (Å²) in [6.07, 6.45) is 3.01. The summed E-state index contributed by atoms with van der Waals surface area (Å²) in [5, 5.41) is 14.1. The Kier molecular flexibility index (Phi) is 3.42. The summed E-state index contributed by atoms with van der Waals surface area (Å²) in [6, 6.07) is 14.2. The molecule has 0 aliphatic carbocycles. The molecule has 3 N–H and O–H groups in total. The number of aliphatic imine (C=N–C) groups is 1. The predicted octanol–water partition coefficient (Wildman–Crippen LogP) is 2.90. The van der Waals surface area contributed by atoms with Crippen molar-refractivity contribution in [2.24, 2.45) is 10.7 Å². The molecule has 1 atom stereocenters. The summed E-state index contributed by atoms with van der Waals surface area (Å²) in [6.45, 7) is 0. The molecule has 3 aromatic rings. The fourth-order valence-electron chi connectivity index (χ4n) is 2.86. The van der Waals surface area contributed by atoms with E-state index >= 15 is 0 Å². The Balaban J connectivity index is 1.79. The van der Waals surface area contributed by atoms with Crippen molar-refractivity contribution >= 4 is 34.7 Å². The van der Waals surface area contributed by atoms with Crippen LogP contribution in [-0.4, -0.2) is 20.4 Å². The number of nitrogens with zero attached hydrogens (tertiary/aromatic N) is 4. The van der Waals surface area contributed by atoms with Gasteiger partial charge in [-0.1, -0.05) is 24.3 Å². The van der Waals surface area contributed by atoms with E-state index in [1.54, 1.807) is 30.4 Å². The zero-order valence-corrected chi connectivity index (χ0v) is 13.0. The highest BCUT2D eigenvalue weighted by Gasteiger charge is 2.22. The number of hydrogen-bond donors (Lipinski definition) is 2. The SMILES string of the molecule is NC1=N[C@H](/C=C/c2ccccc2[N+](=O)[O-])n2c(nc3ccccc32)N1. The van der Waals surface area contributed by atoms with Gasteiger partial charge in [0.2, 0.25) is 5.95 Å². The van der Waals surface area contributed by atoms with E-state index in [4.69, 9.17) is 5.73 Å². The Morgan fingerprint density at radius 3 is 2.80 bits per heavy atom. The van der Waals surface area contributed by atoms with Gasteiger partial charge < -0.3 is 5.73 Å². The normalized spacial score (nSPS) is 16.5. The molecule has 0 spiro atoms. The van der Waals surface area contributed by atoms with E-state index in [1.807, 2.05) is 28.8 Å². The zero-order valence-electron chi connectivity index (χ0n) is 13.0. The maximum atomic E-state index is 11.2. The first-order chi connectivity index (χ1) is 12.1. The Morgan fingerprint density at radius 1 is 1.20 bits per heavy atom. The number of benzene rings is 2. The van der Waals surface area contributed by atoms with Crippen molar-refractivity contribution in [3.63, 3.8) is 0 Å². The van der Waals surface area contributed by atoms with Crippen LogP contribution in [0.5, 0.6) is 0 Å². The molecule has 2 aromatic carbocycles. The first-order valence-corrected chi connectivity index (χ1v) is 7.62. The molecule has 8 nitrogen and oxygen atoms in total. The lowest BCUT2D eigenvalue weighted by molar-refractivity contribution is -0.385. The number of anilines is 1. The molecule has 8 heteroatoms. The Hall–Kier alpha value is -3.68. The maximum Gasteiger partial charge on any atom is 0.276 e. The molecule has 0 unspecified atom stereocenters. The topological polar surface area (TPSA) is 111 Å². The average Bonchev–Trinajstić information content (AvgIpc) is 2.97. The third kappa shape index (κ3) is 2.59. The summed E-state index contributed by atoms with van der Waals surface area (Å²) in [5.74, 6) is 0.839. The van der Waals surface area contributed by atoms with E-state index in [0.717, 1.165) is 11.0 Å². The van der Waals surface area contributed by atoms with Gasteiger partial charge in [0.05, 0.1) is 21.5 Å². The third-order valence-electron chi connectivity index (χ3n) is 3.95. The number of para-hydroxylation sites is 3. The van der Waals surface area contributed by atoms with Gasteiger partial charge in [-0.3, -0.25) is 20.0 Å². The van der Waals surface area contributed by atoms with E-state index in [0.29, 0.717) is 11.5 Å². The lowest BCUT2D eigenvalue weighted by Gasteiger charge is -2.21. The number of hydrogen-bond acceptors (Lipinski definition) is 6. The lowest BCUT2D eigenvalue weighted by Crippen LogP contribution is -2.30. The highest BCUT2D eigenvalue weighted by molar-refractivity contribution is 5.94. The van der Waals surface area contributed by atoms with Crippen molar-refractivity contribution < 1.29 is 4.92 Å². The summed E-state index contributed by atoms with van der Waals surface area (Å²) in [7, 11) is 0. The van der Waals surface area contributed by atoms with Crippen LogP contribution in [0, 0.1) is 10.1 Å². The summed E-state index contributed by atoms with van der Waals surface area (Å²) in [4.78, 5) is 19.6. The van der Waals surface area contributed by atoms with Gasteiger partial charge >= 0.3 is 0 Å². The molecule has 25 heavy (non-hydrogen) atoms. The summed E-state index contributed by atoms with van der Waals surface area (Å²) >= 11 is 0. The van der Waals surface area contributed by atoms with Crippen LogP contribution < -0.4 is 11.1 Å². The van der Waals surface area contributed by atoms with Gasteiger partial charge in [0.15, 0.2) is 12.1 Å². The highest BCUT2D eigenvalue weighted by atomic mass is 16.6. The predicted molar refractivity (Wildman–Crippen MR) is 96.1 cm³/mol. The molecule has 2 heterocycles. The number of imidazole rings is 1. The number of nitrogens with two attached hydrogens (primary N) is 1. The quantitative estimate of drug-likeness (QED) is 0.565. The smallest absolute Gasteiger partial charge is 0.276 e. The van der Waals surface area contributed by atoms with E-state index in [-0.39, 0.29) is 11.6 Å². The van der Waals surface area contributed by atoms with E-state index in [2.05, 4.69) is 15.3 Å². The van der Waals surface area contributed by atoms with Gasteiger partial charge in [0.1, 0.15) is 0 Å². The van der Waals surface area contributed by atoms with Crippen LogP contribution >= 0.6 is 0 Å². The van der Waals surface area contributed by atoms with Crippen molar-refractivity contribution in [3.05, 3.63) is 70.3 Å². The largest absolute Gasteiger partial charge is 0.370 e. The van der Waals surface area contributed by atoms with E-state index < -0.39 is 11.1 Å². The number of fused-ring (bicyclic) bond motifs is 3. The molecule has 0 radical (unpaired) electrons. The number of rotatable bonds is 3. The van der Waals surface area contributed by atoms with Gasteiger partial charge in [0, 0.05) is 6.07 Å². The first kappa shape index (κ1) is 14.9. The van der Waals surface area contributed by atoms with Crippen molar-refractivity contribution in [3.8, 4) is 0 Å². The fourth-order valence-corrected chi connectivity index (χ4v) is 2.86. The molecule has 0 bridgehead atoms. The number of nitro groups is 1. The number of nitrogens with one attached hydrogen (secondary N) is 1. The minimum absolute atomic E-state index is 0.0420. The Morgan fingerprint density at radius 2 is 1.96 bits per heavy atom. The van der Waals surface area contributed by atoms with Gasteiger partial charge in [-0.05, 0) is 30.4 Å². The van der Waals surface area contributed by atoms with Gasteiger partial charge in [-0.15, -0.1) is 0 Å². The summed E-state index contributed by atoms with van der Waals surface area (Å²) in [5.41, 5.74) is 8.12. The molecular weight excluding hydrogens is 320 g/mol. The van der Waals surface area contributed by atoms with Crippen LogP contribution in [-0.2, 0) is 0 Å². The van der Waals surface area contributed by atoms with Gasteiger partial charge in [-0.25, -0.2) is 9.98 Å². The molecule has 0 amide bonds. The molecule has 0 fully saturated rings. The maximum absolute atomic E-state index is 11.2. The molecule has 1 aromatic heterocycles. The van der Waals surface area contributed by atoms with Crippen LogP contribution in [0.4, 0.5) is 11.6 Å². The minimum Gasteiger partial charge on any atom is -0.370 e. The first-order valence-electron chi connectivity index (χ1n) is 7.62. The molecular formula is C17H14N6O2. The van der Waals surface area contributed by atoms with Crippen molar-refractivity contribution in [2.45, 2.75) is 6.17 Å². The van der Waals surface area contributed by atoms with Crippen molar-refractivity contribution in [1.82, 2.24) is 9.55 Å². The fraction of sp³-hybridized carbons (Fsp3) is 0.0588. The van der Waals surface area contributed by atoms with E-state index in [9.17, 15) is 10.1 Å². The van der Waals surface area contributed by atoms with Crippen LogP contribution in [0.1, 0.15) is 11.7 Å². The number of guanidine groups is 1.